The predicted octanol–water partition coefficient (Wildman–Crippen LogP) is 1.55. The van der Waals surface area contributed by atoms with Gasteiger partial charge in [0, 0.05) is 24.0 Å². The zero-order valence-electron chi connectivity index (χ0n) is 20.5. The van der Waals surface area contributed by atoms with E-state index in [1.54, 1.807) is 5.38 Å². The summed E-state index contributed by atoms with van der Waals surface area (Å²) in [6.07, 6.45) is 2.40. The fourth-order valence-corrected chi connectivity index (χ4v) is 4.51. The van der Waals surface area contributed by atoms with E-state index < -0.39 is 42.5 Å². The fraction of sp³-hybridized carbons (Fsp3) is 0.440. The van der Waals surface area contributed by atoms with Gasteiger partial charge in [0.1, 0.15) is 12.6 Å². The average Bonchev–Trinajstić information content (AvgIpc) is 3.58. The number of alkyl carbamates (subject to hydrolysis) is 1. The maximum absolute atomic E-state index is 12.9. The summed E-state index contributed by atoms with van der Waals surface area (Å²) in [5.41, 5.74) is 0.808. The molecule has 1 aromatic heterocycles. The van der Waals surface area contributed by atoms with Gasteiger partial charge in [0.2, 0.25) is 23.5 Å². The Balaban J connectivity index is 1.52. The smallest absolute Gasteiger partial charge is 0.408 e. The van der Waals surface area contributed by atoms with Crippen LogP contribution in [0.4, 0.5) is 4.79 Å². The molecule has 0 saturated carbocycles. The summed E-state index contributed by atoms with van der Waals surface area (Å²) in [6, 6.07) is 7.28. The standard InChI is InChI=1S/C25H31N5O6S/c1-2-6-18(30-25(35)36-15-16-7-4-3-5-8-16)23(34)28-14-20(31)29-19(13-17-9-10-26-22(17)33)21(32)24-27-11-12-37-24/h3-5,7-8,11-12,17-19H,2,6,9-10,13-15H2,1H3,(H,26,33)(H,28,34)(H,29,31)(H,30,35). The van der Waals surface area contributed by atoms with Crippen molar-refractivity contribution < 1.29 is 28.7 Å². The van der Waals surface area contributed by atoms with Gasteiger partial charge in [-0.1, -0.05) is 43.7 Å². The Morgan fingerprint density at radius 2 is 1.95 bits per heavy atom. The lowest BCUT2D eigenvalue weighted by atomic mass is 9.96. The number of Topliss-reactive ketones (excluding diaryl/α,β-unsaturated/α-hetero) is 1. The summed E-state index contributed by atoms with van der Waals surface area (Å²) in [7, 11) is 0. The third kappa shape index (κ3) is 8.67. The highest BCUT2D eigenvalue weighted by Crippen LogP contribution is 2.19. The molecule has 1 aliphatic rings. The SMILES string of the molecule is CCCC(NC(=O)OCc1ccccc1)C(=O)NCC(=O)NC(CC1CCNC1=O)C(=O)c1nccs1. The number of ether oxygens (including phenoxy) is 1. The van der Waals surface area contributed by atoms with E-state index in [9.17, 15) is 24.0 Å². The molecule has 37 heavy (non-hydrogen) atoms. The van der Waals surface area contributed by atoms with Crippen molar-refractivity contribution in [3.8, 4) is 0 Å². The first-order chi connectivity index (χ1) is 17.9. The molecular weight excluding hydrogens is 498 g/mol. The molecule has 1 saturated heterocycles. The zero-order chi connectivity index (χ0) is 26.6. The molecule has 1 aliphatic heterocycles. The van der Waals surface area contributed by atoms with Crippen LogP contribution < -0.4 is 21.3 Å². The van der Waals surface area contributed by atoms with Gasteiger partial charge < -0.3 is 26.0 Å². The van der Waals surface area contributed by atoms with Gasteiger partial charge in [0.15, 0.2) is 5.01 Å². The summed E-state index contributed by atoms with van der Waals surface area (Å²) in [4.78, 5) is 66.5. The highest BCUT2D eigenvalue weighted by Gasteiger charge is 2.32. The largest absolute Gasteiger partial charge is 0.445 e. The Morgan fingerprint density at radius 1 is 1.16 bits per heavy atom. The van der Waals surface area contributed by atoms with Crippen LogP contribution in [0.1, 0.15) is 48.0 Å². The minimum absolute atomic E-state index is 0.0586. The number of nitrogens with one attached hydrogen (secondary N) is 4. The quantitative estimate of drug-likeness (QED) is 0.287. The van der Waals surface area contributed by atoms with E-state index in [2.05, 4.69) is 26.3 Å². The van der Waals surface area contributed by atoms with E-state index in [1.807, 2.05) is 37.3 Å². The van der Waals surface area contributed by atoms with Crippen LogP contribution in [0.2, 0.25) is 0 Å². The molecule has 198 valence electrons. The Hall–Kier alpha value is -3.80. The number of carbonyl (C=O) groups is 5. The lowest BCUT2D eigenvalue weighted by Gasteiger charge is -2.20. The predicted molar refractivity (Wildman–Crippen MR) is 136 cm³/mol. The summed E-state index contributed by atoms with van der Waals surface area (Å²) in [6.45, 7) is 2.03. The van der Waals surface area contributed by atoms with Crippen molar-refractivity contribution in [2.75, 3.05) is 13.1 Å². The van der Waals surface area contributed by atoms with Crippen LogP contribution in [0.3, 0.4) is 0 Å². The normalized spacial score (nSPS) is 16.2. The summed E-state index contributed by atoms with van der Waals surface area (Å²) in [5, 5.41) is 12.3. The first-order valence-electron chi connectivity index (χ1n) is 12.1. The summed E-state index contributed by atoms with van der Waals surface area (Å²) >= 11 is 1.15. The van der Waals surface area contributed by atoms with E-state index in [0.29, 0.717) is 25.8 Å². The first kappa shape index (κ1) is 27.8. The lowest BCUT2D eigenvalue weighted by Crippen LogP contribution is -2.51. The average molecular weight is 530 g/mol. The maximum Gasteiger partial charge on any atom is 0.408 e. The van der Waals surface area contributed by atoms with E-state index in [0.717, 1.165) is 16.9 Å². The van der Waals surface area contributed by atoms with Crippen molar-refractivity contribution in [2.45, 2.75) is 51.3 Å². The Morgan fingerprint density at radius 3 is 2.59 bits per heavy atom. The van der Waals surface area contributed by atoms with Gasteiger partial charge in [-0.25, -0.2) is 9.78 Å². The van der Waals surface area contributed by atoms with Crippen LogP contribution in [-0.2, 0) is 25.7 Å². The molecule has 0 radical (unpaired) electrons. The molecule has 12 heteroatoms. The second-order valence-electron chi connectivity index (χ2n) is 8.60. The van der Waals surface area contributed by atoms with E-state index in [4.69, 9.17) is 4.74 Å². The molecule has 2 aromatic rings. The number of carbonyl (C=O) groups excluding carboxylic acids is 5. The number of nitrogens with zero attached hydrogens (tertiary/aromatic N) is 1. The van der Waals surface area contributed by atoms with Gasteiger partial charge in [-0.15, -0.1) is 11.3 Å². The number of hydrogen-bond donors (Lipinski definition) is 4. The van der Waals surface area contributed by atoms with E-state index in [1.165, 1.54) is 6.20 Å². The van der Waals surface area contributed by atoms with Gasteiger partial charge in [-0.05, 0) is 24.8 Å². The van der Waals surface area contributed by atoms with Crippen molar-refractivity contribution >= 4 is 40.9 Å². The van der Waals surface area contributed by atoms with Crippen LogP contribution in [-0.4, -0.2) is 59.8 Å². The number of thiazole rings is 1. The molecule has 3 atom stereocenters. The number of amides is 4. The summed E-state index contributed by atoms with van der Waals surface area (Å²) in [5.74, 6) is -2.09. The van der Waals surface area contributed by atoms with E-state index in [-0.39, 0.29) is 29.7 Å². The highest BCUT2D eigenvalue weighted by molar-refractivity contribution is 7.11. The van der Waals surface area contributed by atoms with Gasteiger partial charge in [0.05, 0.1) is 12.6 Å². The number of aromatic nitrogens is 1. The van der Waals surface area contributed by atoms with Gasteiger partial charge in [-0.2, -0.15) is 0 Å². The third-order valence-electron chi connectivity index (χ3n) is 5.80. The maximum atomic E-state index is 12.9. The fourth-order valence-electron chi connectivity index (χ4n) is 3.88. The molecule has 0 bridgehead atoms. The number of rotatable bonds is 13. The first-order valence-corrected chi connectivity index (χ1v) is 13.0. The third-order valence-corrected chi connectivity index (χ3v) is 6.59. The van der Waals surface area contributed by atoms with Gasteiger partial charge >= 0.3 is 6.09 Å². The van der Waals surface area contributed by atoms with Crippen LogP contribution in [0.5, 0.6) is 0 Å². The van der Waals surface area contributed by atoms with Crippen LogP contribution >= 0.6 is 11.3 Å². The van der Waals surface area contributed by atoms with Crippen LogP contribution in [0.25, 0.3) is 0 Å². The molecule has 0 aliphatic carbocycles. The van der Waals surface area contributed by atoms with Crippen molar-refractivity contribution in [1.82, 2.24) is 26.3 Å². The minimum atomic E-state index is -0.957. The molecule has 1 fully saturated rings. The molecular formula is C25H31N5O6S. The van der Waals surface area contributed by atoms with Crippen molar-refractivity contribution in [3.05, 3.63) is 52.5 Å². The Labute approximate surface area is 218 Å². The number of ketones is 1. The van der Waals surface area contributed by atoms with Gasteiger partial charge in [-0.3, -0.25) is 19.2 Å². The Bertz CT molecular complexity index is 1080. The monoisotopic (exact) mass is 529 g/mol. The second-order valence-corrected chi connectivity index (χ2v) is 9.49. The Kier molecular flexibility index (Phi) is 10.6. The second kappa shape index (κ2) is 14.1. The zero-order valence-corrected chi connectivity index (χ0v) is 21.3. The molecule has 11 nitrogen and oxygen atoms in total. The van der Waals surface area contributed by atoms with Crippen molar-refractivity contribution in [3.63, 3.8) is 0 Å². The molecule has 1 aromatic carbocycles. The molecule has 3 unspecified atom stereocenters. The number of hydrogen-bond acceptors (Lipinski definition) is 8. The molecule has 4 amide bonds. The highest BCUT2D eigenvalue weighted by atomic mass is 32.1. The molecule has 0 spiro atoms. The van der Waals surface area contributed by atoms with Crippen LogP contribution in [0.15, 0.2) is 41.9 Å². The van der Waals surface area contributed by atoms with Gasteiger partial charge in [0.25, 0.3) is 0 Å². The molecule has 4 N–H and O–H groups in total. The molecule has 2 heterocycles. The number of benzene rings is 1. The van der Waals surface area contributed by atoms with Crippen molar-refractivity contribution in [2.24, 2.45) is 5.92 Å². The summed E-state index contributed by atoms with van der Waals surface area (Å²) < 4.78 is 5.18. The van der Waals surface area contributed by atoms with Crippen LogP contribution in [0, 0.1) is 5.92 Å². The minimum Gasteiger partial charge on any atom is -0.445 e. The lowest BCUT2D eigenvalue weighted by molar-refractivity contribution is -0.127. The topological polar surface area (TPSA) is 156 Å². The van der Waals surface area contributed by atoms with E-state index >= 15 is 0 Å². The molecule has 3 rings (SSSR count). The van der Waals surface area contributed by atoms with Crippen molar-refractivity contribution in [1.29, 1.82) is 0 Å².